The van der Waals surface area contributed by atoms with Gasteiger partial charge in [-0.15, -0.1) is 0 Å². The molecule has 0 radical (unpaired) electrons. The molecule has 0 aromatic heterocycles. The van der Waals surface area contributed by atoms with E-state index >= 15 is 0 Å². The number of hydrogen-bond donors (Lipinski definition) is 0. The number of carbonyl (C=O) groups excluding carboxylic acids is 3. The lowest BCUT2D eigenvalue weighted by molar-refractivity contribution is -0.154. The minimum Gasteiger partial charge on any atom is -0.443 e. The summed E-state index contributed by atoms with van der Waals surface area (Å²) in [6, 6.07) is 14.5. The summed E-state index contributed by atoms with van der Waals surface area (Å²) in [4.78, 5) is 39.4. The van der Waals surface area contributed by atoms with Crippen molar-refractivity contribution in [3.05, 3.63) is 65.2 Å². The van der Waals surface area contributed by atoms with Gasteiger partial charge in [0.25, 0.3) is 5.91 Å². The van der Waals surface area contributed by atoms with Crippen molar-refractivity contribution in [1.82, 2.24) is 4.90 Å². The third-order valence-electron chi connectivity index (χ3n) is 4.85. The van der Waals surface area contributed by atoms with Crippen molar-refractivity contribution in [3.63, 3.8) is 0 Å². The number of likely N-dealkylation sites (N-methyl/N-ethyl adjacent to an activating group) is 1. The maximum absolute atomic E-state index is 12.9. The van der Waals surface area contributed by atoms with Gasteiger partial charge in [-0.2, -0.15) is 10.1 Å². The zero-order valence-electron chi connectivity index (χ0n) is 17.6. The van der Waals surface area contributed by atoms with Crippen LogP contribution in [-0.2, 0) is 19.1 Å². The molecule has 0 saturated heterocycles. The van der Waals surface area contributed by atoms with Crippen molar-refractivity contribution < 1.29 is 19.1 Å². The van der Waals surface area contributed by atoms with Crippen LogP contribution in [0.3, 0.4) is 0 Å². The molecule has 1 heterocycles. The van der Waals surface area contributed by atoms with Gasteiger partial charge in [0.2, 0.25) is 12.0 Å². The smallest absolute Gasteiger partial charge is 0.355 e. The predicted molar refractivity (Wildman–Crippen MR) is 114 cm³/mol. The average molecular weight is 407 g/mol. The molecule has 0 N–H and O–H groups in total. The molecule has 0 aliphatic carbocycles. The highest BCUT2D eigenvalue weighted by atomic mass is 16.5. The Hall–Kier alpha value is -3.48. The molecule has 156 valence electrons. The van der Waals surface area contributed by atoms with Crippen molar-refractivity contribution in [3.8, 4) is 0 Å². The molecule has 1 aliphatic rings. The summed E-state index contributed by atoms with van der Waals surface area (Å²) in [5, 5.41) is 5.54. The summed E-state index contributed by atoms with van der Waals surface area (Å²) >= 11 is 0. The van der Waals surface area contributed by atoms with E-state index in [1.165, 1.54) is 9.91 Å². The molecule has 0 spiro atoms. The second-order valence-electron chi connectivity index (χ2n) is 7.47. The highest BCUT2D eigenvalue weighted by Crippen LogP contribution is 2.26. The quantitative estimate of drug-likeness (QED) is 0.713. The van der Waals surface area contributed by atoms with Gasteiger partial charge in [0.05, 0.1) is 5.69 Å². The average Bonchev–Trinajstić information content (AvgIpc) is 2.74. The van der Waals surface area contributed by atoms with Gasteiger partial charge in [0.1, 0.15) is 5.71 Å². The molecular formula is C23H25N3O4. The normalized spacial score (nSPS) is 14.7. The number of esters is 1. The molecule has 0 saturated carbocycles. The largest absolute Gasteiger partial charge is 0.443 e. The topological polar surface area (TPSA) is 79.3 Å². The van der Waals surface area contributed by atoms with E-state index in [0.717, 1.165) is 11.1 Å². The van der Waals surface area contributed by atoms with E-state index < -0.39 is 12.1 Å². The number of amides is 2. The lowest BCUT2D eigenvalue weighted by Gasteiger charge is -2.26. The van der Waals surface area contributed by atoms with Crippen LogP contribution in [0.15, 0.2) is 53.6 Å². The highest BCUT2D eigenvalue weighted by molar-refractivity contribution is 6.38. The third-order valence-corrected chi connectivity index (χ3v) is 4.85. The Bertz CT molecular complexity index is 999. The van der Waals surface area contributed by atoms with Gasteiger partial charge >= 0.3 is 5.97 Å². The number of benzene rings is 2. The Kier molecular flexibility index (Phi) is 6.30. The van der Waals surface area contributed by atoms with Crippen molar-refractivity contribution in [2.24, 2.45) is 5.10 Å². The Labute approximate surface area is 175 Å². The van der Waals surface area contributed by atoms with Gasteiger partial charge in [-0.3, -0.25) is 9.59 Å². The van der Waals surface area contributed by atoms with Gasteiger partial charge < -0.3 is 9.64 Å². The van der Waals surface area contributed by atoms with Crippen LogP contribution in [0.4, 0.5) is 5.69 Å². The lowest BCUT2D eigenvalue weighted by atomic mass is 10.1. The van der Waals surface area contributed by atoms with Crippen LogP contribution in [0.25, 0.3) is 0 Å². The Morgan fingerprint density at radius 1 is 1.07 bits per heavy atom. The maximum Gasteiger partial charge on any atom is 0.355 e. The monoisotopic (exact) mass is 407 g/mol. The lowest BCUT2D eigenvalue weighted by Crippen LogP contribution is -2.37. The number of hydrogen-bond acceptors (Lipinski definition) is 5. The first-order valence-corrected chi connectivity index (χ1v) is 9.72. The molecule has 1 aliphatic heterocycles. The van der Waals surface area contributed by atoms with E-state index in [0.29, 0.717) is 11.3 Å². The fourth-order valence-electron chi connectivity index (χ4n) is 3.13. The summed E-state index contributed by atoms with van der Waals surface area (Å²) in [7, 11) is 3.20. The van der Waals surface area contributed by atoms with Crippen LogP contribution in [0.5, 0.6) is 0 Å². The zero-order valence-corrected chi connectivity index (χ0v) is 17.6. The molecule has 2 aromatic rings. The van der Waals surface area contributed by atoms with E-state index in [1.807, 2.05) is 38.1 Å². The molecule has 30 heavy (non-hydrogen) atoms. The predicted octanol–water partition coefficient (Wildman–Crippen LogP) is 3.16. The third kappa shape index (κ3) is 4.56. The van der Waals surface area contributed by atoms with Gasteiger partial charge in [0, 0.05) is 32.5 Å². The summed E-state index contributed by atoms with van der Waals surface area (Å²) < 4.78 is 5.57. The van der Waals surface area contributed by atoms with E-state index in [4.69, 9.17) is 4.74 Å². The first-order valence-electron chi connectivity index (χ1n) is 9.72. The molecule has 1 atom stereocenters. The van der Waals surface area contributed by atoms with Gasteiger partial charge in [-0.1, -0.05) is 42.5 Å². The molecular weight excluding hydrogens is 382 g/mol. The van der Waals surface area contributed by atoms with E-state index in [2.05, 4.69) is 5.10 Å². The molecule has 0 unspecified atom stereocenters. The molecule has 2 amide bonds. The Balaban J connectivity index is 1.90. The van der Waals surface area contributed by atoms with Crippen LogP contribution in [0.2, 0.25) is 0 Å². The Morgan fingerprint density at radius 2 is 1.77 bits per heavy atom. The summed E-state index contributed by atoms with van der Waals surface area (Å²) in [5.74, 6) is -1.25. The Morgan fingerprint density at radius 3 is 2.43 bits per heavy atom. The standard InChI is InChI=1S/C23H25N3O4/c1-15-10-11-16(2)19(14-15)26-20(27)13-12-18(24-26)23(29)30-21(22(28)25(3)4)17-8-6-5-7-9-17/h5-11,14,21H,12-13H2,1-4H3/t21-/m0/s1. The van der Waals surface area contributed by atoms with Crippen LogP contribution in [-0.4, -0.2) is 42.5 Å². The summed E-state index contributed by atoms with van der Waals surface area (Å²) in [6.07, 6.45) is -0.779. The van der Waals surface area contributed by atoms with Crippen molar-refractivity contribution >= 4 is 29.2 Å². The first kappa shape index (κ1) is 21.2. The van der Waals surface area contributed by atoms with Crippen LogP contribution >= 0.6 is 0 Å². The van der Waals surface area contributed by atoms with Crippen LogP contribution in [0.1, 0.15) is 35.6 Å². The number of ether oxygens (including phenoxy) is 1. The van der Waals surface area contributed by atoms with Gasteiger partial charge in [-0.05, 0) is 31.0 Å². The van der Waals surface area contributed by atoms with Crippen molar-refractivity contribution in [1.29, 1.82) is 0 Å². The van der Waals surface area contributed by atoms with E-state index in [9.17, 15) is 14.4 Å². The fourth-order valence-corrected chi connectivity index (χ4v) is 3.13. The second kappa shape index (κ2) is 8.90. The number of aryl methyl sites for hydroxylation is 2. The van der Waals surface area contributed by atoms with Crippen molar-refractivity contribution in [2.75, 3.05) is 19.1 Å². The second-order valence-corrected chi connectivity index (χ2v) is 7.47. The van der Waals surface area contributed by atoms with Crippen LogP contribution in [0, 0.1) is 13.8 Å². The highest BCUT2D eigenvalue weighted by Gasteiger charge is 2.32. The molecule has 0 bridgehead atoms. The number of anilines is 1. The number of nitrogens with zero attached hydrogens (tertiary/aromatic N) is 3. The molecule has 2 aromatic carbocycles. The number of carbonyl (C=O) groups is 3. The molecule has 3 rings (SSSR count). The van der Waals surface area contributed by atoms with Crippen LogP contribution < -0.4 is 5.01 Å². The van der Waals surface area contributed by atoms with Crippen molar-refractivity contribution in [2.45, 2.75) is 32.8 Å². The first-order chi connectivity index (χ1) is 14.3. The number of rotatable bonds is 5. The maximum atomic E-state index is 12.9. The summed E-state index contributed by atoms with van der Waals surface area (Å²) in [5.41, 5.74) is 3.17. The van der Waals surface area contributed by atoms with E-state index in [-0.39, 0.29) is 30.4 Å². The summed E-state index contributed by atoms with van der Waals surface area (Å²) in [6.45, 7) is 3.80. The minimum absolute atomic E-state index is 0.114. The fraction of sp³-hybridized carbons (Fsp3) is 0.304. The zero-order chi connectivity index (χ0) is 21.8. The SMILES string of the molecule is Cc1ccc(C)c(N2N=C(C(=O)O[C@H](C(=O)N(C)C)c3ccccc3)CCC2=O)c1. The number of hydrazone groups is 1. The molecule has 7 nitrogen and oxygen atoms in total. The van der Waals surface area contributed by atoms with Gasteiger partial charge in [-0.25, -0.2) is 4.79 Å². The van der Waals surface area contributed by atoms with E-state index in [1.54, 1.807) is 38.4 Å². The minimum atomic E-state index is -1.08. The van der Waals surface area contributed by atoms with Gasteiger partial charge in [0.15, 0.2) is 0 Å². The molecule has 7 heteroatoms. The molecule has 0 fully saturated rings.